The van der Waals surface area contributed by atoms with Gasteiger partial charge in [-0.15, -0.1) is 0 Å². The molecule has 4 rings (SSSR count). The topological polar surface area (TPSA) is 121 Å². The van der Waals surface area contributed by atoms with Gasteiger partial charge in [-0.2, -0.15) is 39.5 Å². The van der Waals surface area contributed by atoms with E-state index < -0.39 is 88.9 Å². The van der Waals surface area contributed by atoms with Crippen LogP contribution in [-0.2, 0) is 38.7 Å². The Balaban J connectivity index is 1.81. The number of ether oxygens (including phenoxy) is 2. The highest BCUT2D eigenvalue weighted by atomic mass is 32.3. The maximum atomic E-state index is 13.3. The van der Waals surface area contributed by atoms with Crippen molar-refractivity contribution >= 4 is 31.6 Å². The van der Waals surface area contributed by atoms with E-state index in [1.54, 1.807) is 0 Å². The molecule has 4 bridgehead atoms. The van der Waals surface area contributed by atoms with E-state index in [9.17, 15) is 65.9 Å². The minimum atomic E-state index is -6.93. The molecule has 3 atom stereocenters. The fourth-order valence-corrected chi connectivity index (χ4v) is 10.3. The second kappa shape index (κ2) is 10.3. The highest BCUT2D eigenvalue weighted by Gasteiger charge is 2.64. The number of carbonyl (C=O) groups excluding carboxylic acids is 2. The summed E-state index contributed by atoms with van der Waals surface area (Å²) in [6.45, 7) is 2.87. The van der Waals surface area contributed by atoms with Crippen molar-refractivity contribution < 1.29 is 75.4 Å². The molecule has 8 nitrogen and oxygen atoms in total. The standard InChI is InChI=1S/C22H25F9O8S2/c1-11(3-15(40(34,35)21(26,27)28)41(36,37)22(29,30)31)39-17(33)19-7-13-4-14(8-19)6-18(5-13,9-19)10-38-16(32)12(2)20(23,24)25/h11,13-15H,2-10H2,1H3. The van der Waals surface area contributed by atoms with Crippen LogP contribution in [0.1, 0.15) is 51.9 Å². The lowest BCUT2D eigenvalue weighted by Gasteiger charge is -2.60. The van der Waals surface area contributed by atoms with Gasteiger partial charge in [0.1, 0.15) is 11.7 Å². The first-order chi connectivity index (χ1) is 18.3. The van der Waals surface area contributed by atoms with E-state index in [-0.39, 0.29) is 31.1 Å². The predicted octanol–water partition coefficient (Wildman–Crippen LogP) is 4.75. The third-order valence-electron chi connectivity index (χ3n) is 7.88. The van der Waals surface area contributed by atoms with E-state index in [4.69, 9.17) is 9.47 Å². The monoisotopic (exact) mass is 652 g/mol. The number of rotatable bonds is 9. The van der Waals surface area contributed by atoms with Crippen LogP contribution in [0, 0.1) is 22.7 Å². The molecule has 41 heavy (non-hydrogen) atoms. The molecular weight excluding hydrogens is 627 g/mol. The molecule has 19 heteroatoms. The molecule has 0 amide bonds. The van der Waals surface area contributed by atoms with Crippen molar-refractivity contribution in [3.63, 3.8) is 0 Å². The summed E-state index contributed by atoms with van der Waals surface area (Å²) in [5, 5.41) is 0. The molecule has 3 unspecified atom stereocenters. The molecule has 4 saturated carbocycles. The van der Waals surface area contributed by atoms with Crippen LogP contribution in [0.25, 0.3) is 0 Å². The molecule has 0 N–H and O–H groups in total. The van der Waals surface area contributed by atoms with Crippen LogP contribution in [0.3, 0.4) is 0 Å². The summed E-state index contributed by atoms with van der Waals surface area (Å²) in [4.78, 5) is 25.1. The lowest BCUT2D eigenvalue weighted by Crippen LogP contribution is -2.57. The third-order valence-corrected chi connectivity index (χ3v) is 12.5. The molecule has 0 radical (unpaired) electrons. The van der Waals surface area contributed by atoms with Crippen LogP contribution in [0.5, 0.6) is 0 Å². The molecule has 0 aromatic rings. The molecule has 4 aliphatic rings. The van der Waals surface area contributed by atoms with Gasteiger partial charge >= 0.3 is 29.1 Å². The van der Waals surface area contributed by atoms with E-state index in [1.165, 1.54) is 0 Å². The van der Waals surface area contributed by atoms with E-state index in [0.29, 0.717) is 19.3 Å². The molecule has 0 saturated heterocycles. The zero-order chi connectivity index (χ0) is 31.6. The summed E-state index contributed by atoms with van der Waals surface area (Å²) >= 11 is 0. The minimum absolute atomic E-state index is 0.102. The number of sulfone groups is 2. The van der Waals surface area contributed by atoms with Crippen LogP contribution in [0.15, 0.2) is 12.2 Å². The van der Waals surface area contributed by atoms with E-state index in [1.807, 2.05) is 0 Å². The van der Waals surface area contributed by atoms with Gasteiger partial charge in [0.25, 0.3) is 19.7 Å². The van der Waals surface area contributed by atoms with Crippen LogP contribution in [-0.4, -0.2) is 63.3 Å². The zero-order valence-electron chi connectivity index (χ0n) is 21.2. The van der Waals surface area contributed by atoms with Gasteiger partial charge < -0.3 is 9.47 Å². The predicted molar refractivity (Wildman–Crippen MR) is 120 cm³/mol. The van der Waals surface area contributed by atoms with Crippen LogP contribution >= 0.6 is 0 Å². The van der Waals surface area contributed by atoms with Crippen LogP contribution in [0.2, 0.25) is 0 Å². The van der Waals surface area contributed by atoms with Gasteiger partial charge in [-0.05, 0) is 57.3 Å². The highest BCUT2D eigenvalue weighted by molar-refractivity contribution is 8.09. The lowest BCUT2D eigenvalue weighted by atomic mass is 9.44. The minimum Gasteiger partial charge on any atom is -0.462 e. The van der Waals surface area contributed by atoms with Gasteiger partial charge in [-0.1, -0.05) is 6.58 Å². The molecule has 236 valence electrons. The lowest BCUT2D eigenvalue weighted by molar-refractivity contribution is -0.192. The first kappa shape index (κ1) is 33.5. The third kappa shape index (κ3) is 6.34. The number of hydrogen-bond acceptors (Lipinski definition) is 8. The molecule has 0 aromatic carbocycles. The smallest absolute Gasteiger partial charge is 0.462 e. The summed E-state index contributed by atoms with van der Waals surface area (Å²) in [7, 11) is -13.9. The van der Waals surface area contributed by atoms with Gasteiger partial charge in [0.05, 0.1) is 12.0 Å². The van der Waals surface area contributed by atoms with E-state index in [0.717, 1.165) is 6.92 Å². The Morgan fingerprint density at radius 2 is 1.34 bits per heavy atom. The van der Waals surface area contributed by atoms with Crippen LogP contribution < -0.4 is 0 Å². The highest BCUT2D eigenvalue weighted by Crippen LogP contribution is 2.65. The quantitative estimate of drug-likeness (QED) is 0.199. The van der Waals surface area contributed by atoms with Gasteiger partial charge in [0.15, 0.2) is 4.58 Å². The average Bonchev–Trinajstić information content (AvgIpc) is 2.77. The Labute approximate surface area is 228 Å². The summed E-state index contributed by atoms with van der Waals surface area (Å²) in [6, 6.07) is 0. The molecule has 0 aromatic heterocycles. The number of alkyl halides is 9. The SMILES string of the molecule is C=C(C(=O)OCC12CC3CC(C1)CC(C(=O)OC(C)CC(S(=O)(=O)C(F)(F)F)S(=O)(=O)C(F)(F)F)(C3)C2)C(F)(F)F. The molecular formula is C22H25F9O8S2. The van der Waals surface area contributed by atoms with Crippen molar-refractivity contribution in [2.24, 2.45) is 22.7 Å². The fraction of sp³-hybridized carbons (Fsp3) is 0.818. The van der Waals surface area contributed by atoms with E-state index >= 15 is 0 Å². The number of esters is 2. The largest absolute Gasteiger partial charge is 0.498 e. The van der Waals surface area contributed by atoms with Crippen molar-refractivity contribution in [2.75, 3.05) is 6.61 Å². The number of hydrogen-bond donors (Lipinski definition) is 0. The number of carbonyl (C=O) groups is 2. The Morgan fingerprint density at radius 1 is 0.878 bits per heavy atom. The Hall–Kier alpha value is -2.05. The maximum absolute atomic E-state index is 13.3. The van der Waals surface area contributed by atoms with Gasteiger partial charge in [0, 0.05) is 11.8 Å². The Bertz CT molecular complexity index is 1240. The second-order valence-corrected chi connectivity index (χ2v) is 15.7. The fourth-order valence-electron chi connectivity index (χ4n) is 6.63. The van der Waals surface area contributed by atoms with Crippen LogP contribution in [0.4, 0.5) is 39.5 Å². The van der Waals surface area contributed by atoms with Crippen molar-refractivity contribution in [1.29, 1.82) is 0 Å². The van der Waals surface area contributed by atoms with Crippen molar-refractivity contribution in [1.82, 2.24) is 0 Å². The van der Waals surface area contributed by atoms with E-state index in [2.05, 4.69) is 6.58 Å². The summed E-state index contributed by atoms with van der Waals surface area (Å²) < 4.78 is 170. The van der Waals surface area contributed by atoms with Gasteiger partial charge in [0.2, 0.25) is 0 Å². The first-order valence-corrected chi connectivity index (χ1v) is 15.1. The van der Waals surface area contributed by atoms with Crippen molar-refractivity contribution in [2.45, 2.75) is 79.7 Å². The molecule has 4 fully saturated rings. The first-order valence-electron chi connectivity index (χ1n) is 12.0. The Morgan fingerprint density at radius 3 is 1.76 bits per heavy atom. The maximum Gasteiger partial charge on any atom is 0.498 e. The van der Waals surface area contributed by atoms with Crippen molar-refractivity contribution in [3.05, 3.63) is 12.2 Å². The summed E-state index contributed by atoms with van der Waals surface area (Å²) in [5.41, 5.74) is -16.9. The second-order valence-electron chi connectivity index (χ2n) is 11.2. The van der Waals surface area contributed by atoms with Gasteiger partial charge in [-0.3, -0.25) is 4.79 Å². The molecule has 0 spiro atoms. The Kier molecular flexibility index (Phi) is 8.40. The summed E-state index contributed by atoms with van der Waals surface area (Å²) in [6.07, 6.45) is -7.46. The normalized spacial score (nSPS) is 29.3. The molecule has 0 aliphatic heterocycles. The number of halogens is 9. The average molecular weight is 653 g/mol. The summed E-state index contributed by atoms with van der Waals surface area (Å²) in [5.74, 6) is -3.26. The molecule has 4 aliphatic carbocycles. The van der Waals surface area contributed by atoms with Crippen molar-refractivity contribution in [3.8, 4) is 0 Å². The van der Waals surface area contributed by atoms with Gasteiger partial charge in [-0.25, -0.2) is 21.6 Å². The zero-order valence-corrected chi connectivity index (χ0v) is 22.8. The molecule has 0 heterocycles.